The van der Waals surface area contributed by atoms with E-state index in [0.29, 0.717) is 9.90 Å². The highest BCUT2D eigenvalue weighted by molar-refractivity contribution is 7.19. The summed E-state index contributed by atoms with van der Waals surface area (Å²) in [7, 11) is 0. The average molecular weight is 407 g/mol. The summed E-state index contributed by atoms with van der Waals surface area (Å²) >= 11 is 7.74. The number of hydrazone groups is 1. The second-order valence-corrected chi connectivity index (χ2v) is 7.78. The minimum atomic E-state index is -0.492. The van der Waals surface area contributed by atoms with E-state index in [2.05, 4.69) is 10.5 Å². The third-order valence-corrected chi connectivity index (χ3v) is 5.69. The zero-order valence-electron chi connectivity index (χ0n) is 14.6. The zero-order valence-corrected chi connectivity index (χ0v) is 16.2. The second-order valence-electron chi connectivity index (χ2n) is 6.12. The molecular formula is C22H15ClN2O2S. The Morgan fingerprint density at radius 3 is 2.43 bits per heavy atom. The number of nitrogens with one attached hydrogen (secondary N) is 1. The van der Waals surface area contributed by atoms with Crippen LogP contribution in [0.5, 0.6) is 5.75 Å². The van der Waals surface area contributed by atoms with Gasteiger partial charge < -0.3 is 5.11 Å². The van der Waals surface area contributed by atoms with Crippen LogP contribution in [0.3, 0.4) is 0 Å². The number of phenols is 1. The van der Waals surface area contributed by atoms with Crippen LogP contribution in [-0.4, -0.2) is 17.2 Å². The number of hydrogen-bond acceptors (Lipinski definition) is 4. The lowest BCUT2D eigenvalue weighted by Crippen LogP contribution is -2.17. The van der Waals surface area contributed by atoms with E-state index in [9.17, 15) is 9.90 Å². The summed E-state index contributed by atoms with van der Waals surface area (Å²) in [5.74, 6) is -0.583. The molecule has 4 nitrogen and oxygen atoms in total. The van der Waals surface area contributed by atoms with Crippen molar-refractivity contribution in [2.45, 2.75) is 0 Å². The Bertz CT molecular complexity index is 1190. The number of amides is 1. The molecule has 0 fully saturated rings. The van der Waals surface area contributed by atoms with Gasteiger partial charge in [-0.05, 0) is 34.5 Å². The molecule has 0 unspecified atom stereocenters. The number of benzene rings is 3. The number of aromatic hydroxyl groups is 1. The number of phenolic OH excluding ortho intramolecular Hbond substituents is 1. The first-order chi connectivity index (χ1) is 13.6. The van der Waals surface area contributed by atoms with Gasteiger partial charge >= 0.3 is 0 Å². The molecule has 0 radical (unpaired) electrons. The van der Waals surface area contributed by atoms with Crippen molar-refractivity contribution in [1.82, 2.24) is 5.43 Å². The molecule has 2 N–H and O–H groups in total. The summed E-state index contributed by atoms with van der Waals surface area (Å²) in [4.78, 5) is 13.4. The molecule has 1 heterocycles. The Labute approximate surface area is 170 Å². The van der Waals surface area contributed by atoms with E-state index >= 15 is 0 Å². The van der Waals surface area contributed by atoms with Gasteiger partial charge in [-0.25, -0.2) is 5.43 Å². The van der Waals surface area contributed by atoms with Gasteiger partial charge in [-0.1, -0.05) is 66.2 Å². The SMILES string of the molecule is O=C(N/N=C\c1cc(-c2ccccc2)sc1Cl)c1cc2ccccc2cc1O. The maximum absolute atomic E-state index is 12.4. The minimum absolute atomic E-state index is 0.0914. The van der Waals surface area contributed by atoms with Gasteiger partial charge in [0.2, 0.25) is 0 Å². The topological polar surface area (TPSA) is 61.7 Å². The van der Waals surface area contributed by atoms with E-state index in [-0.39, 0.29) is 11.3 Å². The van der Waals surface area contributed by atoms with Crippen molar-refractivity contribution in [2.24, 2.45) is 5.10 Å². The van der Waals surface area contributed by atoms with E-state index in [0.717, 1.165) is 21.2 Å². The Balaban J connectivity index is 1.52. The first kappa shape index (κ1) is 18.2. The molecule has 28 heavy (non-hydrogen) atoms. The molecule has 1 amide bonds. The van der Waals surface area contributed by atoms with Crippen molar-refractivity contribution in [3.8, 4) is 16.2 Å². The number of carbonyl (C=O) groups excluding carboxylic acids is 1. The van der Waals surface area contributed by atoms with E-state index in [1.54, 1.807) is 12.1 Å². The molecule has 0 saturated heterocycles. The van der Waals surface area contributed by atoms with Crippen molar-refractivity contribution in [1.29, 1.82) is 0 Å². The maximum Gasteiger partial charge on any atom is 0.275 e. The van der Waals surface area contributed by atoms with Crippen molar-refractivity contribution >= 4 is 45.8 Å². The molecule has 1 aromatic heterocycles. The molecular weight excluding hydrogens is 392 g/mol. The third-order valence-electron chi connectivity index (χ3n) is 4.25. The van der Waals surface area contributed by atoms with Crippen LogP contribution in [0.2, 0.25) is 4.34 Å². The maximum atomic E-state index is 12.4. The molecule has 0 bridgehead atoms. The molecule has 0 atom stereocenters. The highest BCUT2D eigenvalue weighted by atomic mass is 35.5. The number of rotatable bonds is 4. The first-order valence-electron chi connectivity index (χ1n) is 8.52. The summed E-state index contributed by atoms with van der Waals surface area (Å²) < 4.78 is 0.588. The number of nitrogens with zero attached hydrogens (tertiary/aromatic N) is 1. The van der Waals surface area contributed by atoms with Gasteiger partial charge in [0.15, 0.2) is 0 Å². The van der Waals surface area contributed by atoms with Crippen molar-refractivity contribution in [3.05, 3.63) is 88.3 Å². The van der Waals surface area contributed by atoms with Gasteiger partial charge in [-0.3, -0.25) is 4.79 Å². The molecule has 4 aromatic rings. The van der Waals surface area contributed by atoms with Crippen LogP contribution in [0.1, 0.15) is 15.9 Å². The largest absolute Gasteiger partial charge is 0.507 e. The van der Waals surface area contributed by atoms with Crippen LogP contribution in [0.15, 0.2) is 77.9 Å². The third kappa shape index (κ3) is 3.76. The van der Waals surface area contributed by atoms with Gasteiger partial charge in [0, 0.05) is 10.4 Å². The fraction of sp³-hybridized carbons (Fsp3) is 0. The molecule has 0 spiro atoms. The summed E-state index contributed by atoms with van der Waals surface area (Å²) in [5.41, 5.74) is 4.39. The highest BCUT2D eigenvalue weighted by Gasteiger charge is 2.12. The smallest absolute Gasteiger partial charge is 0.275 e. The number of carbonyl (C=O) groups is 1. The lowest BCUT2D eigenvalue weighted by molar-refractivity contribution is 0.0952. The van der Waals surface area contributed by atoms with Crippen LogP contribution in [0.4, 0.5) is 0 Å². The highest BCUT2D eigenvalue weighted by Crippen LogP contribution is 2.34. The van der Waals surface area contributed by atoms with E-state index in [1.807, 2.05) is 60.7 Å². The number of fused-ring (bicyclic) bond motifs is 1. The van der Waals surface area contributed by atoms with Crippen molar-refractivity contribution in [2.75, 3.05) is 0 Å². The molecule has 0 aliphatic carbocycles. The fourth-order valence-corrected chi connectivity index (χ4v) is 4.06. The predicted molar refractivity (Wildman–Crippen MR) is 115 cm³/mol. The van der Waals surface area contributed by atoms with Crippen molar-refractivity contribution < 1.29 is 9.90 Å². The summed E-state index contributed by atoms with van der Waals surface area (Å²) in [6.07, 6.45) is 1.50. The number of thiophene rings is 1. The minimum Gasteiger partial charge on any atom is -0.507 e. The standard InChI is InChI=1S/C22H15ClN2O2S/c23-21-17(12-20(28-21)14-6-2-1-3-7-14)13-24-25-22(27)18-10-15-8-4-5-9-16(15)11-19(18)26/h1-13,26H,(H,25,27)/b24-13-. The fourth-order valence-electron chi connectivity index (χ4n) is 2.85. The monoisotopic (exact) mass is 406 g/mol. The van der Waals surface area contributed by atoms with Crippen LogP contribution in [0, 0.1) is 0 Å². The average Bonchev–Trinajstić information content (AvgIpc) is 3.08. The second kappa shape index (κ2) is 7.84. The lowest BCUT2D eigenvalue weighted by Gasteiger charge is -2.05. The Kier molecular flexibility index (Phi) is 5.10. The Hall–Kier alpha value is -3.15. The van der Waals surface area contributed by atoms with E-state index < -0.39 is 5.91 Å². The van der Waals surface area contributed by atoms with Crippen molar-refractivity contribution in [3.63, 3.8) is 0 Å². The summed E-state index contributed by atoms with van der Waals surface area (Å²) in [6.45, 7) is 0. The van der Waals surface area contributed by atoms with E-state index in [4.69, 9.17) is 11.6 Å². The van der Waals surface area contributed by atoms with Gasteiger partial charge in [0.1, 0.15) is 10.1 Å². The van der Waals surface area contributed by atoms with Crippen LogP contribution in [0.25, 0.3) is 21.2 Å². The molecule has 138 valence electrons. The van der Waals surface area contributed by atoms with Gasteiger partial charge in [0.05, 0.1) is 11.8 Å². The van der Waals surface area contributed by atoms with Gasteiger partial charge in [-0.15, -0.1) is 11.3 Å². The van der Waals surface area contributed by atoms with E-state index in [1.165, 1.54) is 17.6 Å². The normalized spacial score (nSPS) is 11.2. The first-order valence-corrected chi connectivity index (χ1v) is 9.71. The van der Waals surface area contributed by atoms with Crippen LogP contribution >= 0.6 is 22.9 Å². The molecule has 3 aromatic carbocycles. The van der Waals surface area contributed by atoms with Gasteiger partial charge in [-0.2, -0.15) is 5.10 Å². The quantitative estimate of drug-likeness (QED) is 0.337. The summed E-state index contributed by atoms with van der Waals surface area (Å²) in [6, 6.07) is 22.5. The van der Waals surface area contributed by atoms with Gasteiger partial charge in [0.25, 0.3) is 5.91 Å². The molecule has 6 heteroatoms. The Morgan fingerprint density at radius 1 is 1.00 bits per heavy atom. The molecule has 0 aliphatic heterocycles. The molecule has 0 aliphatic rings. The number of hydrogen-bond donors (Lipinski definition) is 2. The number of halogens is 1. The predicted octanol–water partition coefficient (Wildman–Crippen LogP) is 5.69. The zero-order chi connectivity index (χ0) is 19.5. The molecule has 0 saturated carbocycles. The lowest BCUT2D eigenvalue weighted by atomic mass is 10.1. The summed E-state index contributed by atoms with van der Waals surface area (Å²) in [5, 5.41) is 15.9. The Morgan fingerprint density at radius 2 is 1.68 bits per heavy atom. The van der Waals surface area contributed by atoms with Crippen LogP contribution in [-0.2, 0) is 0 Å². The molecule has 4 rings (SSSR count). The van der Waals surface area contributed by atoms with Crippen LogP contribution < -0.4 is 5.43 Å².